The molecule has 0 unspecified atom stereocenters. The van der Waals surface area contributed by atoms with Crippen molar-refractivity contribution in [3.8, 4) is 0 Å². The Morgan fingerprint density at radius 3 is 2.82 bits per heavy atom. The number of nitrogens with one attached hydrogen (secondary N) is 1. The summed E-state index contributed by atoms with van der Waals surface area (Å²) in [6.07, 6.45) is 0. The zero-order valence-electron chi connectivity index (χ0n) is 10.8. The molecule has 3 heteroatoms. The first-order valence-corrected chi connectivity index (χ1v) is 6.18. The van der Waals surface area contributed by atoms with Gasteiger partial charge < -0.3 is 10.2 Å². The lowest BCUT2D eigenvalue weighted by Gasteiger charge is -2.34. The third kappa shape index (κ3) is 2.50. The number of aryl methyl sites for hydroxylation is 2. The summed E-state index contributed by atoms with van der Waals surface area (Å²) < 4.78 is 0. The highest BCUT2D eigenvalue weighted by Gasteiger charge is 2.24. The van der Waals surface area contributed by atoms with Crippen LogP contribution >= 0.6 is 0 Å². The molecule has 1 atom stereocenters. The molecule has 0 saturated carbocycles. The molecule has 1 heterocycles. The van der Waals surface area contributed by atoms with E-state index in [9.17, 15) is 4.79 Å². The molecule has 2 rings (SSSR count). The smallest absolute Gasteiger partial charge is 0.254 e. The molecule has 1 fully saturated rings. The van der Waals surface area contributed by atoms with Crippen molar-refractivity contribution < 1.29 is 4.79 Å². The molecule has 1 aromatic carbocycles. The number of hydrogen-bond donors (Lipinski definition) is 1. The third-order valence-electron chi connectivity index (χ3n) is 3.37. The molecule has 1 aliphatic heterocycles. The summed E-state index contributed by atoms with van der Waals surface area (Å²) in [4.78, 5) is 14.4. The SMILES string of the molecule is Cc1ccc(C(=O)N2CCNC[C@H]2C)c(C)c1. The predicted molar refractivity (Wildman–Crippen MR) is 69.3 cm³/mol. The average molecular weight is 232 g/mol. The molecule has 1 N–H and O–H groups in total. The highest BCUT2D eigenvalue weighted by atomic mass is 16.2. The van der Waals surface area contributed by atoms with Crippen LogP contribution in [0.2, 0.25) is 0 Å². The zero-order valence-corrected chi connectivity index (χ0v) is 10.8. The van der Waals surface area contributed by atoms with Crippen LogP contribution in [0.25, 0.3) is 0 Å². The highest BCUT2D eigenvalue weighted by molar-refractivity contribution is 5.96. The van der Waals surface area contributed by atoms with E-state index in [-0.39, 0.29) is 11.9 Å². The number of rotatable bonds is 1. The van der Waals surface area contributed by atoms with Gasteiger partial charge in [0.2, 0.25) is 0 Å². The molecule has 1 aliphatic rings. The molecule has 1 amide bonds. The van der Waals surface area contributed by atoms with Crippen LogP contribution in [0.1, 0.15) is 28.4 Å². The van der Waals surface area contributed by atoms with Gasteiger partial charge in [-0.3, -0.25) is 4.79 Å². The van der Waals surface area contributed by atoms with Crippen molar-refractivity contribution in [2.75, 3.05) is 19.6 Å². The molecular formula is C14H20N2O. The van der Waals surface area contributed by atoms with Crippen molar-refractivity contribution in [1.82, 2.24) is 10.2 Å². The van der Waals surface area contributed by atoms with Crippen LogP contribution in [0.15, 0.2) is 18.2 Å². The molecule has 0 aliphatic carbocycles. The number of amides is 1. The summed E-state index contributed by atoms with van der Waals surface area (Å²) >= 11 is 0. The summed E-state index contributed by atoms with van der Waals surface area (Å²) in [6.45, 7) is 8.72. The summed E-state index contributed by atoms with van der Waals surface area (Å²) in [5, 5.41) is 3.30. The van der Waals surface area contributed by atoms with Gasteiger partial charge in [-0.15, -0.1) is 0 Å². The van der Waals surface area contributed by atoms with Crippen molar-refractivity contribution in [1.29, 1.82) is 0 Å². The van der Waals surface area contributed by atoms with E-state index in [1.807, 2.05) is 24.0 Å². The Hall–Kier alpha value is -1.35. The first-order valence-electron chi connectivity index (χ1n) is 6.18. The number of benzene rings is 1. The molecule has 0 aromatic heterocycles. The number of nitrogens with zero attached hydrogens (tertiary/aromatic N) is 1. The second-order valence-electron chi connectivity index (χ2n) is 4.87. The molecular weight excluding hydrogens is 212 g/mol. The van der Waals surface area contributed by atoms with E-state index in [0.29, 0.717) is 0 Å². The van der Waals surface area contributed by atoms with Crippen LogP contribution in [0.4, 0.5) is 0 Å². The van der Waals surface area contributed by atoms with E-state index in [2.05, 4.69) is 25.2 Å². The van der Waals surface area contributed by atoms with Gasteiger partial charge in [0.25, 0.3) is 5.91 Å². The lowest BCUT2D eigenvalue weighted by molar-refractivity contribution is 0.0655. The first kappa shape index (κ1) is 12.1. The van der Waals surface area contributed by atoms with Gasteiger partial charge in [0.05, 0.1) is 0 Å². The van der Waals surface area contributed by atoms with Crippen LogP contribution in [0.3, 0.4) is 0 Å². The van der Waals surface area contributed by atoms with Crippen LogP contribution in [-0.4, -0.2) is 36.5 Å². The Balaban J connectivity index is 2.24. The fourth-order valence-corrected chi connectivity index (χ4v) is 2.35. The fraction of sp³-hybridized carbons (Fsp3) is 0.500. The molecule has 1 aromatic rings. The molecule has 17 heavy (non-hydrogen) atoms. The Morgan fingerprint density at radius 1 is 1.41 bits per heavy atom. The van der Waals surface area contributed by atoms with E-state index >= 15 is 0 Å². The van der Waals surface area contributed by atoms with Crippen LogP contribution in [0, 0.1) is 13.8 Å². The Kier molecular flexibility index (Phi) is 3.48. The van der Waals surface area contributed by atoms with Gasteiger partial charge >= 0.3 is 0 Å². The largest absolute Gasteiger partial charge is 0.333 e. The number of carbonyl (C=O) groups excluding carboxylic acids is 1. The minimum Gasteiger partial charge on any atom is -0.333 e. The topological polar surface area (TPSA) is 32.3 Å². The van der Waals surface area contributed by atoms with Crippen molar-refractivity contribution in [2.45, 2.75) is 26.8 Å². The standard InChI is InChI=1S/C14H20N2O/c1-10-4-5-13(11(2)8-10)14(17)16-7-6-15-9-12(16)3/h4-5,8,12,15H,6-7,9H2,1-3H3/t12-/m1/s1. The summed E-state index contributed by atoms with van der Waals surface area (Å²) in [7, 11) is 0. The van der Waals surface area contributed by atoms with Gasteiger partial charge in [-0.25, -0.2) is 0 Å². The van der Waals surface area contributed by atoms with Gasteiger partial charge in [0.15, 0.2) is 0 Å². The minimum atomic E-state index is 0.163. The maximum Gasteiger partial charge on any atom is 0.254 e. The summed E-state index contributed by atoms with van der Waals surface area (Å²) in [5.41, 5.74) is 3.11. The highest BCUT2D eigenvalue weighted by Crippen LogP contribution is 2.15. The van der Waals surface area contributed by atoms with Gasteiger partial charge in [-0.05, 0) is 32.4 Å². The summed E-state index contributed by atoms with van der Waals surface area (Å²) in [6, 6.07) is 6.30. The zero-order chi connectivity index (χ0) is 12.4. The molecule has 1 saturated heterocycles. The van der Waals surface area contributed by atoms with Crippen molar-refractivity contribution >= 4 is 5.91 Å². The van der Waals surface area contributed by atoms with E-state index in [0.717, 1.165) is 30.8 Å². The fourth-order valence-electron chi connectivity index (χ4n) is 2.35. The predicted octanol–water partition coefficient (Wildman–Crippen LogP) is 1.74. The monoisotopic (exact) mass is 232 g/mol. The molecule has 92 valence electrons. The normalized spacial score (nSPS) is 20.4. The molecule has 0 spiro atoms. The van der Waals surface area contributed by atoms with Crippen molar-refractivity contribution in [3.05, 3.63) is 34.9 Å². The van der Waals surface area contributed by atoms with Crippen LogP contribution in [-0.2, 0) is 0 Å². The molecule has 0 radical (unpaired) electrons. The third-order valence-corrected chi connectivity index (χ3v) is 3.37. The van der Waals surface area contributed by atoms with E-state index in [1.54, 1.807) is 0 Å². The minimum absolute atomic E-state index is 0.163. The van der Waals surface area contributed by atoms with Crippen molar-refractivity contribution in [3.63, 3.8) is 0 Å². The van der Waals surface area contributed by atoms with E-state index in [1.165, 1.54) is 5.56 Å². The Morgan fingerprint density at radius 2 is 2.18 bits per heavy atom. The number of piperazine rings is 1. The number of hydrogen-bond acceptors (Lipinski definition) is 2. The lowest BCUT2D eigenvalue weighted by atomic mass is 10.0. The Labute approximate surface area is 103 Å². The number of carbonyl (C=O) groups is 1. The Bertz CT molecular complexity index is 428. The molecule has 3 nitrogen and oxygen atoms in total. The first-order chi connectivity index (χ1) is 8.09. The maximum atomic E-state index is 12.4. The lowest BCUT2D eigenvalue weighted by Crippen LogP contribution is -2.52. The van der Waals surface area contributed by atoms with Gasteiger partial charge in [-0.2, -0.15) is 0 Å². The second kappa shape index (κ2) is 4.88. The van der Waals surface area contributed by atoms with Gasteiger partial charge in [0.1, 0.15) is 0 Å². The van der Waals surface area contributed by atoms with Gasteiger partial charge in [0, 0.05) is 31.2 Å². The van der Waals surface area contributed by atoms with Crippen LogP contribution < -0.4 is 5.32 Å². The second-order valence-corrected chi connectivity index (χ2v) is 4.87. The van der Waals surface area contributed by atoms with E-state index in [4.69, 9.17) is 0 Å². The summed E-state index contributed by atoms with van der Waals surface area (Å²) in [5.74, 6) is 0.163. The van der Waals surface area contributed by atoms with Crippen molar-refractivity contribution in [2.24, 2.45) is 0 Å². The average Bonchev–Trinajstić information content (AvgIpc) is 2.29. The van der Waals surface area contributed by atoms with Gasteiger partial charge in [-0.1, -0.05) is 17.7 Å². The molecule has 0 bridgehead atoms. The maximum absolute atomic E-state index is 12.4. The van der Waals surface area contributed by atoms with E-state index < -0.39 is 0 Å². The van der Waals surface area contributed by atoms with Crippen LogP contribution in [0.5, 0.6) is 0 Å². The quantitative estimate of drug-likeness (QED) is 0.800.